The lowest BCUT2D eigenvalue weighted by molar-refractivity contribution is 0.243. The molecule has 0 aliphatic heterocycles. The maximum Gasteiger partial charge on any atom is 0.191 e. The van der Waals surface area contributed by atoms with E-state index in [1.165, 1.54) is 5.56 Å². The molecule has 0 fully saturated rings. The van der Waals surface area contributed by atoms with E-state index in [1.807, 2.05) is 30.7 Å². The van der Waals surface area contributed by atoms with Gasteiger partial charge in [-0.3, -0.25) is 0 Å². The number of benzene rings is 1. The molecule has 180 valence electrons. The number of aromatic nitrogens is 3. The number of hydrogen-bond donors (Lipinski definition) is 3. The molecule has 1 atom stereocenters. The summed E-state index contributed by atoms with van der Waals surface area (Å²) in [5.41, 5.74) is 1.23. The first-order valence-corrected chi connectivity index (χ1v) is 11.0. The van der Waals surface area contributed by atoms with Gasteiger partial charge >= 0.3 is 0 Å². The monoisotopic (exact) mass is 558 g/mol. The van der Waals surface area contributed by atoms with Gasteiger partial charge in [-0.25, -0.2) is 4.99 Å². The van der Waals surface area contributed by atoms with Gasteiger partial charge < -0.3 is 25.0 Å². The third-order valence-corrected chi connectivity index (χ3v) is 5.33. The predicted molar refractivity (Wildman–Crippen MR) is 140 cm³/mol. The molecule has 1 heterocycles. The van der Waals surface area contributed by atoms with Gasteiger partial charge in [0.15, 0.2) is 11.8 Å². The van der Waals surface area contributed by atoms with E-state index in [0.29, 0.717) is 18.4 Å². The molecule has 2 aromatic rings. The van der Waals surface area contributed by atoms with Gasteiger partial charge in [0.05, 0.1) is 7.11 Å². The van der Waals surface area contributed by atoms with Crippen molar-refractivity contribution in [1.29, 1.82) is 0 Å². The van der Waals surface area contributed by atoms with Gasteiger partial charge in [-0.05, 0) is 55.7 Å². The second-order valence-electron chi connectivity index (χ2n) is 8.30. The maximum absolute atomic E-state index is 9.40. The number of aliphatic imine (C=N–C) groups is 1. The van der Waals surface area contributed by atoms with Crippen LogP contribution in [0, 0.1) is 18.8 Å². The molecule has 9 heteroatoms. The molecule has 0 amide bonds. The lowest BCUT2D eigenvalue weighted by Crippen LogP contribution is -2.41. The number of halogens is 1. The van der Waals surface area contributed by atoms with Crippen LogP contribution in [0.3, 0.4) is 0 Å². The van der Waals surface area contributed by atoms with Crippen LogP contribution in [-0.2, 0) is 20.0 Å². The molecule has 8 nitrogen and oxygen atoms in total. The second-order valence-corrected chi connectivity index (χ2v) is 8.30. The number of ether oxygens (including phenoxy) is 1. The Bertz CT molecular complexity index is 807. The summed E-state index contributed by atoms with van der Waals surface area (Å²) in [7, 11) is 3.62. The SMILES string of the molecule is COc1ccc(CCNC(=NCc2nnc(C)n2C)NCC(CCO)CC(C)C)cc1.I. The molecule has 0 bridgehead atoms. The molecule has 1 unspecified atom stereocenters. The van der Waals surface area contributed by atoms with Crippen LogP contribution in [0.15, 0.2) is 29.3 Å². The Hall–Kier alpha value is -1.88. The summed E-state index contributed by atoms with van der Waals surface area (Å²) < 4.78 is 7.17. The normalized spacial score (nSPS) is 12.4. The zero-order valence-corrected chi connectivity index (χ0v) is 22.3. The van der Waals surface area contributed by atoms with Gasteiger partial charge in [-0.1, -0.05) is 26.0 Å². The van der Waals surface area contributed by atoms with Crippen molar-refractivity contribution >= 4 is 29.9 Å². The van der Waals surface area contributed by atoms with Crippen molar-refractivity contribution in [3.8, 4) is 5.75 Å². The van der Waals surface area contributed by atoms with Crippen LogP contribution in [0.4, 0.5) is 0 Å². The zero-order valence-electron chi connectivity index (χ0n) is 20.0. The molecule has 0 saturated heterocycles. The second kappa shape index (κ2) is 15.0. The first-order valence-electron chi connectivity index (χ1n) is 11.0. The van der Waals surface area contributed by atoms with Crippen LogP contribution in [0.25, 0.3) is 0 Å². The average molecular weight is 559 g/mol. The van der Waals surface area contributed by atoms with E-state index < -0.39 is 0 Å². The number of aliphatic hydroxyl groups excluding tert-OH is 1. The topological polar surface area (TPSA) is 96.6 Å². The van der Waals surface area contributed by atoms with Crippen molar-refractivity contribution in [2.45, 2.75) is 46.6 Å². The third kappa shape index (κ3) is 9.72. The minimum absolute atomic E-state index is 0. The van der Waals surface area contributed by atoms with Crippen molar-refractivity contribution in [3.63, 3.8) is 0 Å². The van der Waals surface area contributed by atoms with Crippen LogP contribution < -0.4 is 15.4 Å². The molecule has 0 aliphatic rings. The van der Waals surface area contributed by atoms with Gasteiger partial charge in [0.1, 0.15) is 18.1 Å². The smallest absolute Gasteiger partial charge is 0.191 e. The summed E-state index contributed by atoms with van der Waals surface area (Å²) in [5.74, 6) is 4.29. The highest BCUT2D eigenvalue weighted by molar-refractivity contribution is 14.0. The Kier molecular flexibility index (Phi) is 13.2. The summed E-state index contributed by atoms with van der Waals surface area (Å²) in [6.07, 6.45) is 2.72. The van der Waals surface area contributed by atoms with Crippen molar-refractivity contribution in [2.75, 3.05) is 26.8 Å². The highest BCUT2D eigenvalue weighted by atomic mass is 127. The summed E-state index contributed by atoms with van der Waals surface area (Å²) in [6.45, 7) is 8.53. The minimum atomic E-state index is 0. The van der Waals surface area contributed by atoms with Crippen molar-refractivity contribution in [2.24, 2.45) is 23.9 Å². The van der Waals surface area contributed by atoms with Crippen molar-refractivity contribution in [1.82, 2.24) is 25.4 Å². The molecule has 0 spiro atoms. The van der Waals surface area contributed by atoms with Gasteiger partial charge in [0.25, 0.3) is 0 Å². The predicted octanol–water partition coefficient (Wildman–Crippen LogP) is 3.07. The fraction of sp³-hybridized carbons (Fsp3) is 0.609. The molecular weight excluding hydrogens is 519 g/mol. The maximum atomic E-state index is 9.40. The average Bonchev–Trinajstić information content (AvgIpc) is 3.07. The van der Waals surface area contributed by atoms with Crippen LogP contribution in [-0.4, -0.2) is 52.6 Å². The number of nitrogens with one attached hydrogen (secondary N) is 2. The number of hydrogen-bond acceptors (Lipinski definition) is 5. The van der Waals surface area contributed by atoms with Gasteiger partial charge in [0.2, 0.25) is 0 Å². The minimum Gasteiger partial charge on any atom is -0.497 e. The van der Waals surface area contributed by atoms with E-state index in [2.05, 4.69) is 46.8 Å². The van der Waals surface area contributed by atoms with E-state index in [4.69, 9.17) is 9.73 Å². The first kappa shape index (κ1) is 28.2. The largest absolute Gasteiger partial charge is 0.497 e. The van der Waals surface area contributed by atoms with Crippen molar-refractivity contribution in [3.05, 3.63) is 41.5 Å². The molecule has 2 rings (SSSR count). The van der Waals surface area contributed by atoms with Crippen LogP contribution in [0.5, 0.6) is 5.75 Å². The Morgan fingerprint density at radius 3 is 2.47 bits per heavy atom. The molecule has 1 aromatic heterocycles. The lowest BCUT2D eigenvalue weighted by atomic mass is 9.94. The van der Waals surface area contributed by atoms with E-state index in [9.17, 15) is 5.11 Å². The Morgan fingerprint density at radius 2 is 1.91 bits per heavy atom. The number of aryl methyl sites for hydroxylation is 1. The van der Waals surface area contributed by atoms with Crippen LogP contribution in [0.1, 0.15) is 43.9 Å². The highest BCUT2D eigenvalue weighted by Gasteiger charge is 2.12. The summed E-state index contributed by atoms with van der Waals surface area (Å²) in [5, 5.41) is 24.6. The van der Waals surface area contributed by atoms with Crippen LogP contribution in [0.2, 0.25) is 0 Å². The molecule has 32 heavy (non-hydrogen) atoms. The third-order valence-electron chi connectivity index (χ3n) is 5.33. The number of rotatable bonds is 12. The summed E-state index contributed by atoms with van der Waals surface area (Å²) in [6, 6.07) is 8.11. The molecule has 1 aromatic carbocycles. The fourth-order valence-corrected chi connectivity index (χ4v) is 3.42. The van der Waals surface area contributed by atoms with E-state index in [-0.39, 0.29) is 30.6 Å². The molecule has 0 aliphatic carbocycles. The molecule has 0 radical (unpaired) electrons. The molecular formula is C23H39IN6O2. The Morgan fingerprint density at radius 1 is 1.19 bits per heavy atom. The van der Waals surface area contributed by atoms with E-state index in [0.717, 1.165) is 55.7 Å². The highest BCUT2D eigenvalue weighted by Crippen LogP contribution is 2.14. The quantitative estimate of drug-likeness (QED) is 0.211. The number of aliphatic hydroxyl groups is 1. The summed E-state index contributed by atoms with van der Waals surface area (Å²) >= 11 is 0. The number of nitrogens with zero attached hydrogens (tertiary/aromatic N) is 4. The summed E-state index contributed by atoms with van der Waals surface area (Å²) in [4.78, 5) is 4.73. The Balaban J connectivity index is 0.00000512. The van der Waals surface area contributed by atoms with Gasteiger partial charge in [0, 0.05) is 26.7 Å². The fourth-order valence-electron chi connectivity index (χ4n) is 3.42. The van der Waals surface area contributed by atoms with Crippen LogP contribution >= 0.6 is 24.0 Å². The lowest BCUT2D eigenvalue weighted by Gasteiger charge is -2.20. The van der Waals surface area contributed by atoms with E-state index >= 15 is 0 Å². The standard InChI is InChI=1S/C23H38N6O2.HI/c1-17(2)14-20(11-13-30)15-25-23(26-16-22-28-27-18(3)29(22)4)24-12-10-19-6-8-21(31-5)9-7-19;/h6-9,17,20,30H,10-16H2,1-5H3,(H2,24,25,26);1H. The Labute approximate surface area is 209 Å². The van der Waals surface area contributed by atoms with Gasteiger partial charge in [-0.2, -0.15) is 0 Å². The van der Waals surface area contributed by atoms with Gasteiger partial charge in [-0.15, -0.1) is 34.2 Å². The zero-order chi connectivity index (χ0) is 22.6. The molecule has 0 saturated carbocycles. The first-order chi connectivity index (χ1) is 14.9. The van der Waals surface area contributed by atoms with Crippen molar-refractivity contribution < 1.29 is 9.84 Å². The number of methoxy groups -OCH3 is 1. The molecule has 3 N–H and O–H groups in total. The number of guanidine groups is 1. The van der Waals surface area contributed by atoms with E-state index in [1.54, 1.807) is 7.11 Å².